The minimum atomic E-state index is -0.439. The lowest BCUT2D eigenvalue weighted by Gasteiger charge is -2.34. The number of aromatic nitrogens is 1. The highest BCUT2D eigenvalue weighted by molar-refractivity contribution is 7.18. The van der Waals surface area contributed by atoms with Crippen molar-refractivity contribution >= 4 is 27.5 Å². The summed E-state index contributed by atoms with van der Waals surface area (Å²) in [6.07, 6.45) is 2.47. The van der Waals surface area contributed by atoms with E-state index in [2.05, 4.69) is 11.1 Å². The molecule has 0 saturated carbocycles. The Morgan fingerprint density at radius 1 is 1.11 bits per heavy atom. The van der Waals surface area contributed by atoms with Gasteiger partial charge in [0.05, 0.1) is 21.3 Å². The van der Waals surface area contributed by atoms with Crippen LogP contribution in [0.5, 0.6) is 0 Å². The Bertz CT molecular complexity index is 868. The lowest BCUT2D eigenvalue weighted by molar-refractivity contribution is -0.133. The van der Waals surface area contributed by atoms with Crippen LogP contribution >= 0.6 is 11.3 Å². The maximum Gasteiger partial charge on any atom is 0.222 e. The van der Waals surface area contributed by atoms with E-state index < -0.39 is 6.10 Å². The number of amides is 1. The van der Waals surface area contributed by atoms with Crippen molar-refractivity contribution in [2.45, 2.75) is 31.8 Å². The summed E-state index contributed by atoms with van der Waals surface area (Å²) >= 11 is 1.67. The number of aryl methyl sites for hydroxylation is 1. The second-order valence-electron chi connectivity index (χ2n) is 7.15. The van der Waals surface area contributed by atoms with E-state index in [0.717, 1.165) is 42.0 Å². The number of thiazole rings is 1. The van der Waals surface area contributed by atoms with Crippen molar-refractivity contribution in [3.8, 4) is 0 Å². The summed E-state index contributed by atoms with van der Waals surface area (Å²) in [7, 11) is 0. The van der Waals surface area contributed by atoms with Gasteiger partial charge in [-0.15, -0.1) is 11.3 Å². The van der Waals surface area contributed by atoms with Crippen LogP contribution in [-0.2, 0) is 11.2 Å². The fourth-order valence-corrected chi connectivity index (χ4v) is 4.75. The van der Waals surface area contributed by atoms with Crippen LogP contribution in [0, 0.1) is 5.92 Å². The van der Waals surface area contributed by atoms with Crippen LogP contribution < -0.4 is 0 Å². The molecule has 140 valence electrons. The van der Waals surface area contributed by atoms with E-state index in [9.17, 15) is 9.90 Å². The number of carbonyl (C=O) groups is 1. The average molecular weight is 381 g/mol. The molecule has 5 heteroatoms. The number of para-hydroxylation sites is 1. The third kappa shape index (κ3) is 4.20. The molecule has 1 aliphatic heterocycles. The minimum absolute atomic E-state index is 0.196. The lowest BCUT2D eigenvalue weighted by atomic mass is 9.87. The first kappa shape index (κ1) is 18.1. The predicted molar refractivity (Wildman–Crippen MR) is 109 cm³/mol. The molecule has 1 N–H and O–H groups in total. The zero-order valence-electron chi connectivity index (χ0n) is 15.3. The van der Waals surface area contributed by atoms with Gasteiger partial charge in [-0.2, -0.15) is 0 Å². The van der Waals surface area contributed by atoms with E-state index in [-0.39, 0.29) is 11.8 Å². The van der Waals surface area contributed by atoms with E-state index in [1.807, 2.05) is 53.4 Å². The molecular formula is C22H24N2O2S. The number of nitrogens with zero attached hydrogens (tertiary/aromatic N) is 2. The maximum atomic E-state index is 12.6. The first-order valence-corrected chi connectivity index (χ1v) is 10.4. The number of hydrogen-bond acceptors (Lipinski definition) is 4. The molecule has 1 atom stereocenters. The van der Waals surface area contributed by atoms with Gasteiger partial charge >= 0.3 is 0 Å². The van der Waals surface area contributed by atoms with Gasteiger partial charge in [0.15, 0.2) is 0 Å². The monoisotopic (exact) mass is 380 g/mol. The Morgan fingerprint density at radius 3 is 2.56 bits per heavy atom. The van der Waals surface area contributed by atoms with Crippen LogP contribution in [0.4, 0.5) is 0 Å². The summed E-state index contributed by atoms with van der Waals surface area (Å²) in [5.41, 5.74) is 1.98. The molecule has 1 unspecified atom stereocenters. The van der Waals surface area contributed by atoms with E-state index in [0.29, 0.717) is 12.8 Å². The Kier molecular flexibility index (Phi) is 5.50. The number of aliphatic hydroxyl groups is 1. The molecule has 4 rings (SSSR count). The van der Waals surface area contributed by atoms with Crippen LogP contribution in [0.1, 0.15) is 35.9 Å². The van der Waals surface area contributed by atoms with E-state index >= 15 is 0 Å². The van der Waals surface area contributed by atoms with Crippen molar-refractivity contribution in [2.24, 2.45) is 5.92 Å². The zero-order valence-corrected chi connectivity index (χ0v) is 16.1. The topological polar surface area (TPSA) is 53.4 Å². The number of rotatable bonds is 5. The number of aliphatic hydroxyl groups excluding tert-OH is 1. The molecule has 3 aromatic rings. The smallest absolute Gasteiger partial charge is 0.222 e. The van der Waals surface area contributed by atoms with Crippen LogP contribution in [0.25, 0.3) is 10.2 Å². The van der Waals surface area contributed by atoms with Crippen LogP contribution in [0.3, 0.4) is 0 Å². The number of hydrogen-bond donors (Lipinski definition) is 1. The lowest BCUT2D eigenvalue weighted by Crippen LogP contribution is -2.39. The summed E-state index contributed by atoms with van der Waals surface area (Å²) in [5, 5.41) is 11.6. The summed E-state index contributed by atoms with van der Waals surface area (Å²) in [5.74, 6) is 0.419. The number of fused-ring (bicyclic) bond motifs is 1. The van der Waals surface area contributed by atoms with Crippen molar-refractivity contribution in [3.05, 3.63) is 65.2 Å². The Hall–Kier alpha value is -2.24. The first-order valence-electron chi connectivity index (χ1n) is 9.56. The van der Waals surface area contributed by atoms with Gasteiger partial charge in [-0.1, -0.05) is 42.5 Å². The molecule has 1 aliphatic rings. The molecule has 2 heterocycles. The first-order chi connectivity index (χ1) is 13.2. The molecule has 2 aromatic carbocycles. The van der Waals surface area contributed by atoms with Gasteiger partial charge < -0.3 is 10.0 Å². The van der Waals surface area contributed by atoms with Crippen LogP contribution in [0.2, 0.25) is 0 Å². The number of carbonyl (C=O) groups excluding carboxylic acids is 1. The maximum absolute atomic E-state index is 12.6. The molecule has 1 amide bonds. The molecule has 1 saturated heterocycles. The number of benzene rings is 2. The summed E-state index contributed by atoms with van der Waals surface area (Å²) in [6.45, 7) is 1.46. The molecule has 4 nitrogen and oxygen atoms in total. The molecule has 0 aliphatic carbocycles. The molecule has 0 radical (unpaired) electrons. The van der Waals surface area contributed by atoms with Gasteiger partial charge in [-0.3, -0.25) is 4.79 Å². The molecule has 0 bridgehead atoms. The van der Waals surface area contributed by atoms with Crippen molar-refractivity contribution in [2.75, 3.05) is 13.1 Å². The Balaban J connectivity index is 1.28. The van der Waals surface area contributed by atoms with E-state index in [1.54, 1.807) is 11.3 Å². The minimum Gasteiger partial charge on any atom is -0.388 e. The highest BCUT2D eigenvalue weighted by Gasteiger charge is 2.28. The summed E-state index contributed by atoms with van der Waals surface area (Å²) < 4.78 is 1.18. The standard InChI is InChI=1S/C22H24N2O2S/c25-21(11-10-20-23-18-8-4-5-9-19(18)27-20)24-14-12-17(13-15-24)22(26)16-6-2-1-3-7-16/h1-9,17,22,26H,10-15H2. The highest BCUT2D eigenvalue weighted by atomic mass is 32.1. The van der Waals surface area contributed by atoms with Crippen molar-refractivity contribution < 1.29 is 9.90 Å². The van der Waals surface area contributed by atoms with Gasteiger partial charge in [0.2, 0.25) is 5.91 Å². The average Bonchev–Trinajstić information content (AvgIpc) is 3.15. The second-order valence-corrected chi connectivity index (χ2v) is 8.26. The van der Waals surface area contributed by atoms with Gasteiger partial charge in [0.25, 0.3) is 0 Å². The normalized spacial score (nSPS) is 16.6. The van der Waals surface area contributed by atoms with Crippen molar-refractivity contribution in [3.63, 3.8) is 0 Å². The molecule has 1 fully saturated rings. The molecule has 1 aromatic heterocycles. The molecular weight excluding hydrogens is 356 g/mol. The highest BCUT2D eigenvalue weighted by Crippen LogP contribution is 2.31. The molecule has 27 heavy (non-hydrogen) atoms. The second kappa shape index (κ2) is 8.19. The van der Waals surface area contributed by atoms with Gasteiger partial charge in [-0.05, 0) is 36.5 Å². The number of piperidine rings is 1. The SMILES string of the molecule is O=C(CCc1nc2ccccc2s1)N1CCC(C(O)c2ccccc2)CC1. The summed E-state index contributed by atoms with van der Waals surface area (Å²) in [4.78, 5) is 19.1. The van der Waals surface area contributed by atoms with E-state index in [1.165, 1.54) is 4.70 Å². The fourth-order valence-electron chi connectivity index (χ4n) is 3.79. The van der Waals surface area contributed by atoms with Crippen LogP contribution in [-0.4, -0.2) is 34.0 Å². The Morgan fingerprint density at radius 2 is 1.81 bits per heavy atom. The third-order valence-corrected chi connectivity index (χ3v) is 6.47. The number of likely N-dealkylation sites (tertiary alicyclic amines) is 1. The molecule has 0 spiro atoms. The van der Waals surface area contributed by atoms with Crippen LogP contribution in [0.15, 0.2) is 54.6 Å². The fraction of sp³-hybridized carbons (Fsp3) is 0.364. The Labute approximate surface area is 163 Å². The van der Waals surface area contributed by atoms with Crippen molar-refractivity contribution in [1.29, 1.82) is 0 Å². The zero-order chi connectivity index (χ0) is 18.6. The van der Waals surface area contributed by atoms with E-state index in [4.69, 9.17) is 0 Å². The predicted octanol–water partition coefficient (Wildman–Crippen LogP) is 4.20. The summed E-state index contributed by atoms with van der Waals surface area (Å²) in [6, 6.07) is 17.9. The van der Waals surface area contributed by atoms with Gasteiger partial charge in [0, 0.05) is 25.9 Å². The largest absolute Gasteiger partial charge is 0.388 e. The third-order valence-electron chi connectivity index (χ3n) is 5.37. The van der Waals surface area contributed by atoms with Gasteiger partial charge in [-0.25, -0.2) is 4.98 Å². The van der Waals surface area contributed by atoms with Gasteiger partial charge in [0.1, 0.15) is 0 Å². The quantitative estimate of drug-likeness (QED) is 0.722. The van der Waals surface area contributed by atoms with Crippen molar-refractivity contribution in [1.82, 2.24) is 9.88 Å².